The number of pyridine rings is 1. The van der Waals surface area contributed by atoms with Gasteiger partial charge >= 0.3 is 0 Å². The normalized spacial score (nSPS) is 9.27. The number of nitrogens with two attached hydrogens (primary N) is 1. The van der Waals surface area contributed by atoms with E-state index in [1.165, 1.54) is 16.8 Å². The zero-order valence-electron chi connectivity index (χ0n) is 7.99. The molecule has 0 atom stereocenters. The molecule has 1 heterocycles. The van der Waals surface area contributed by atoms with E-state index in [4.69, 9.17) is 17.3 Å². The van der Waals surface area contributed by atoms with Gasteiger partial charge in [-0.2, -0.15) is 0 Å². The molecule has 0 unspecified atom stereocenters. The highest BCUT2D eigenvalue weighted by atomic mass is 35.5. The largest absolute Gasteiger partial charge is 0.324 e. The van der Waals surface area contributed by atoms with Gasteiger partial charge in [-0.05, 0) is 6.07 Å². The molecule has 1 aromatic heterocycles. The van der Waals surface area contributed by atoms with E-state index in [0.29, 0.717) is 5.69 Å². The summed E-state index contributed by atoms with van der Waals surface area (Å²) in [4.78, 5) is 22.1. The number of hydrogen-bond acceptors (Lipinski definition) is 3. The quantitative estimate of drug-likeness (QED) is 0.797. The van der Waals surface area contributed by atoms with Crippen LogP contribution in [0.5, 0.6) is 0 Å². The second-order valence-electron chi connectivity index (χ2n) is 2.75. The molecule has 0 aromatic carbocycles. The van der Waals surface area contributed by atoms with Crippen LogP contribution in [0.4, 0.5) is 5.69 Å². The van der Waals surface area contributed by atoms with Crippen molar-refractivity contribution < 1.29 is 4.79 Å². The average Bonchev–Trinajstić information content (AvgIpc) is 2.14. The van der Waals surface area contributed by atoms with E-state index in [0.717, 1.165) is 0 Å². The van der Waals surface area contributed by atoms with Crippen molar-refractivity contribution in [3.63, 3.8) is 0 Å². The van der Waals surface area contributed by atoms with Crippen LogP contribution in [0, 0.1) is 0 Å². The lowest BCUT2D eigenvalue weighted by Crippen LogP contribution is -2.24. The number of carbonyl (C=O) groups is 1. The summed E-state index contributed by atoms with van der Waals surface area (Å²) >= 11 is 5.63. The molecule has 1 aromatic rings. The Balaban J connectivity index is 0.00000196. The molecule has 3 N–H and O–H groups in total. The third-order valence-corrected chi connectivity index (χ3v) is 1.88. The van der Waals surface area contributed by atoms with E-state index in [-0.39, 0.29) is 35.4 Å². The predicted molar refractivity (Wildman–Crippen MR) is 61.6 cm³/mol. The SMILES string of the molecule is Cl.Cn1cc(NC(=O)CN)cc(Cl)c1=O. The highest BCUT2D eigenvalue weighted by molar-refractivity contribution is 6.30. The lowest BCUT2D eigenvalue weighted by molar-refractivity contribution is -0.114. The Morgan fingerprint density at radius 1 is 1.67 bits per heavy atom. The molecule has 0 radical (unpaired) electrons. The lowest BCUT2D eigenvalue weighted by Gasteiger charge is -2.05. The minimum atomic E-state index is -0.334. The Labute approximate surface area is 97.6 Å². The molecule has 0 saturated heterocycles. The fourth-order valence-corrected chi connectivity index (χ4v) is 1.20. The minimum absolute atomic E-state index is 0. The van der Waals surface area contributed by atoms with Gasteiger partial charge in [0.25, 0.3) is 5.56 Å². The molecular formula is C8H11Cl2N3O2. The smallest absolute Gasteiger partial charge is 0.269 e. The number of amides is 1. The third-order valence-electron chi connectivity index (χ3n) is 1.61. The maximum absolute atomic E-state index is 11.2. The Hall–Kier alpha value is -1.04. The molecule has 15 heavy (non-hydrogen) atoms. The van der Waals surface area contributed by atoms with Crippen LogP contribution in [-0.2, 0) is 11.8 Å². The van der Waals surface area contributed by atoms with Gasteiger partial charge in [0.2, 0.25) is 5.91 Å². The van der Waals surface area contributed by atoms with E-state index in [1.54, 1.807) is 7.05 Å². The number of rotatable bonds is 2. The van der Waals surface area contributed by atoms with Crippen LogP contribution in [-0.4, -0.2) is 17.0 Å². The first-order valence-electron chi connectivity index (χ1n) is 3.90. The zero-order chi connectivity index (χ0) is 10.7. The van der Waals surface area contributed by atoms with Crippen molar-refractivity contribution in [2.24, 2.45) is 12.8 Å². The Morgan fingerprint density at radius 3 is 2.73 bits per heavy atom. The number of aromatic nitrogens is 1. The second kappa shape index (κ2) is 5.75. The molecule has 0 spiro atoms. The first kappa shape index (κ1) is 14.0. The number of carbonyl (C=O) groups excluding carboxylic acids is 1. The fourth-order valence-electron chi connectivity index (χ4n) is 0.952. The first-order valence-corrected chi connectivity index (χ1v) is 4.28. The molecule has 0 aliphatic rings. The van der Waals surface area contributed by atoms with Gasteiger partial charge in [0.05, 0.1) is 12.2 Å². The van der Waals surface area contributed by atoms with E-state index in [2.05, 4.69) is 5.32 Å². The number of nitrogens with zero attached hydrogens (tertiary/aromatic N) is 1. The third kappa shape index (κ3) is 3.54. The minimum Gasteiger partial charge on any atom is -0.324 e. The first-order chi connectivity index (χ1) is 6.54. The Bertz CT molecular complexity index is 391. The number of anilines is 1. The second-order valence-corrected chi connectivity index (χ2v) is 3.15. The van der Waals surface area contributed by atoms with Crippen molar-refractivity contribution in [1.82, 2.24) is 4.57 Å². The van der Waals surface area contributed by atoms with E-state index >= 15 is 0 Å². The van der Waals surface area contributed by atoms with Gasteiger partial charge in [-0.3, -0.25) is 9.59 Å². The van der Waals surface area contributed by atoms with Gasteiger partial charge in [0.1, 0.15) is 5.02 Å². The lowest BCUT2D eigenvalue weighted by atomic mass is 10.4. The molecule has 0 aliphatic carbocycles. The van der Waals surface area contributed by atoms with Gasteiger partial charge in [-0.1, -0.05) is 11.6 Å². The van der Waals surface area contributed by atoms with Crippen LogP contribution in [0.1, 0.15) is 0 Å². The summed E-state index contributed by atoms with van der Waals surface area (Å²) < 4.78 is 1.29. The standard InChI is InChI=1S/C8H10ClN3O2.ClH/c1-12-4-5(11-7(13)3-10)2-6(9)8(12)14;/h2,4H,3,10H2,1H3,(H,11,13);1H. The number of halogens is 2. The Kier molecular flexibility index (Phi) is 5.35. The van der Waals surface area contributed by atoms with Crippen molar-refractivity contribution in [3.8, 4) is 0 Å². The van der Waals surface area contributed by atoms with E-state index in [1.807, 2.05) is 0 Å². The number of nitrogens with one attached hydrogen (secondary N) is 1. The molecule has 0 bridgehead atoms. The number of hydrogen-bond donors (Lipinski definition) is 2. The van der Waals surface area contributed by atoms with Crippen LogP contribution in [0.2, 0.25) is 5.02 Å². The topological polar surface area (TPSA) is 77.1 Å². The highest BCUT2D eigenvalue weighted by Crippen LogP contribution is 2.09. The summed E-state index contributed by atoms with van der Waals surface area (Å²) in [5.41, 5.74) is 5.26. The maximum atomic E-state index is 11.2. The summed E-state index contributed by atoms with van der Waals surface area (Å²) in [6.07, 6.45) is 1.47. The summed E-state index contributed by atoms with van der Waals surface area (Å²) in [5.74, 6) is -0.334. The van der Waals surface area contributed by atoms with Crippen LogP contribution in [0.3, 0.4) is 0 Å². The van der Waals surface area contributed by atoms with Gasteiger partial charge in [0.15, 0.2) is 0 Å². The van der Waals surface area contributed by atoms with E-state index in [9.17, 15) is 9.59 Å². The summed E-state index contributed by atoms with van der Waals surface area (Å²) in [6.45, 7) is -0.111. The fraction of sp³-hybridized carbons (Fsp3) is 0.250. The van der Waals surface area contributed by atoms with Gasteiger partial charge in [-0.25, -0.2) is 0 Å². The maximum Gasteiger partial charge on any atom is 0.269 e. The van der Waals surface area contributed by atoms with Gasteiger partial charge in [0, 0.05) is 13.2 Å². The van der Waals surface area contributed by atoms with Crippen molar-refractivity contribution in [1.29, 1.82) is 0 Å². The van der Waals surface area contributed by atoms with Crippen molar-refractivity contribution in [2.75, 3.05) is 11.9 Å². The molecular weight excluding hydrogens is 241 g/mol. The summed E-state index contributed by atoms with van der Waals surface area (Å²) in [7, 11) is 1.55. The number of aryl methyl sites for hydroxylation is 1. The van der Waals surface area contributed by atoms with Crippen molar-refractivity contribution in [2.45, 2.75) is 0 Å². The predicted octanol–water partition coefficient (Wildman–Crippen LogP) is 0.358. The van der Waals surface area contributed by atoms with Crippen molar-refractivity contribution >= 4 is 35.6 Å². The van der Waals surface area contributed by atoms with Crippen LogP contribution in [0.15, 0.2) is 17.1 Å². The molecule has 84 valence electrons. The van der Waals surface area contributed by atoms with Crippen LogP contribution in [0.25, 0.3) is 0 Å². The molecule has 0 aliphatic heterocycles. The van der Waals surface area contributed by atoms with Crippen molar-refractivity contribution in [3.05, 3.63) is 27.6 Å². The van der Waals surface area contributed by atoms with Crippen LogP contribution < -0.4 is 16.6 Å². The summed E-state index contributed by atoms with van der Waals surface area (Å²) in [6, 6.07) is 1.39. The molecule has 7 heteroatoms. The van der Waals surface area contributed by atoms with Gasteiger partial charge in [-0.15, -0.1) is 12.4 Å². The molecule has 1 amide bonds. The monoisotopic (exact) mass is 251 g/mol. The average molecular weight is 252 g/mol. The molecule has 0 fully saturated rings. The molecule has 5 nitrogen and oxygen atoms in total. The van der Waals surface area contributed by atoms with E-state index < -0.39 is 0 Å². The van der Waals surface area contributed by atoms with Crippen LogP contribution >= 0.6 is 24.0 Å². The molecule has 0 saturated carbocycles. The summed E-state index contributed by atoms with van der Waals surface area (Å²) in [5, 5.41) is 2.55. The highest BCUT2D eigenvalue weighted by Gasteiger charge is 2.04. The Morgan fingerprint density at radius 2 is 2.27 bits per heavy atom. The zero-order valence-corrected chi connectivity index (χ0v) is 9.56. The van der Waals surface area contributed by atoms with Gasteiger partial charge < -0.3 is 15.6 Å². The molecule has 1 rings (SSSR count).